The normalized spacial score (nSPS) is 11.4. The summed E-state index contributed by atoms with van der Waals surface area (Å²) < 4.78 is 25.8. The van der Waals surface area contributed by atoms with Crippen LogP contribution in [0, 0.1) is 17.0 Å². The first kappa shape index (κ1) is 15.6. The molecule has 0 aliphatic carbocycles. The molecule has 0 saturated heterocycles. The summed E-state index contributed by atoms with van der Waals surface area (Å²) in [5.41, 5.74) is 5.70. The van der Waals surface area contributed by atoms with Gasteiger partial charge in [0.2, 0.25) is 0 Å². The van der Waals surface area contributed by atoms with Crippen molar-refractivity contribution in [3.05, 3.63) is 35.4 Å². The second-order valence-corrected chi connectivity index (χ2v) is 4.72. The number of halogens is 2. The van der Waals surface area contributed by atoms with Gasteiger partial charge in [0.05, 0.1) is 0 Å². The molecule has 0 spiro atoms. The molecular formula is C14H20F2N2O. The van der Waals surface area contributed by atoms with Crippen molar-refractivity contribution in [1.29, 1.82) is 0 Å². The lowest BCUT2D eigenvalue weighted by Gasteiger charge is -2.30. The maximum atomic E-state index is 13.0. The predicted molar refractivity (Wildman–Crippen MR) is 70.8 cm³/mol. The highest BCUT2D eigenvalue weighted by atomic mass is 19.2. The number of amides is 1. The first-order chi connectivity index (χ1) is 8.98. The van der Waals surface area contributed by atoms with Crippen LogP contribution in [0.2, 0.25) is 0 Å². The van der Waals surface area contributed by atoms with Crippen LogP contribution in [0.15, 0.2) is 18.2 Å². The Morgan fingerprint density at radius 2 is 1.89 bits per heavy atom. The van der Waals surface area contributed by atoms with Crippen LogP contribution >= 0.6 is 0 Å². The van der Waals surface area contributed by atoms with Crippen molar-refractivity contribution in [1.82, 2.24) is 5.32 Å². The molecule has 1 rings (SSSR count). The average molecular weight is 270 g/mol. The molecule has 0 heterocycles. The zero-order valence-electron chi connectivity index (χ0n) is 11.3. The van der Waals surface area contributed by atoms with Gasteiger partial charge < -0.3 is 11.1 Å². The fourth-order valence-electron chi connectivity index (χ4n) is 1.87. The molecule has 5 heteroatoms. The molecule has 0 radical (unpaired) electrons. The van der Waals surface area contributed by atoms with Crippen molar-refractivity contribution >= 4 is 5.91 Å². The van der Waals surface area contributed by atoms with Crippen molar-refractivity contribution in [2.24, 2.45) is 11.1 Å². The van der Waals surface area contributed by atoms with E-state index in [0.717, 1.165) is 25.0 Å². The Balaban J connectivity index is 2.72. The standard InChI is InChI=1S/C14H20F2N2O/c1-3-14(4-2,8-17)9-18-13(19)10-5-6-11(15)12(16)7-10/h5-7H,3-4,8-9,17H2,1-2H3,(H,18,19). The molecule has 3 nitrogen and oxygen atoms in total. The third-order valence-electron chi connectivity index (χ3n) is 3.74. The zero-order valence-corrected chi connectivity index (χ0v) is 11.3. The van der Waals surface area contributed by atoms with Gasteiger partial charge in [-0.1, -0.05) is 13.8 Å². The van der Waals surface area contributed by atoms with E-state index < -0.39 is 17.5 Å². The van der Waals surface area contributed by atoms with Crippen LogP contribution in [-0.2, 0) is 0 Å². The smallest absolute Gasteiger partial charge is 0.251 e. The second kappa shape index (κ2) is 6.61. The van der Waals surface area contributed by atoms with Gasteiger partial charge in [-0.3, -0.25) is 4.79 Å². The van der Waals surface area contributed by atoms with E-state index >= 15 is 0 Å². The van der Waals surface area contributed by atoms with Crippen LogP contribution in [-0.4, -0.2) is 19.0 Å². The number of benzene rings is 1. The van der Waals surface area contributed by atoms with Crippen LogP contribution < -0.4 is 11.1 Å². The van der Waals surface area contributed by atoms with Gasteiger partial charge in [-0.05, 0) is 43.0 Å². The van der Waals surface area contributed by atoms with Crippen molar-refractivity contribution in [2.75, 3.05) is 13.1 Å². The monoisotopic (exact) mass is 270 g/mol. The van der Waals surface area contributed by atoms with Gasteiger partial charge >= 0.3 is 0 Å². The Bertz CT molecular complexity index is 437. The molecule has 0 bridgehead atoms. The first-order valence-corrected chi connectivity index (χ1v) is 6.41. The van der Waals surface area contributed by atoms with Crippen molar-refractivity contribution in [3.8, 4) is 0 Å². The molecule has 0 unspecified atom stereocenters. The van der Waals surface area contributed by atoms with Crippen LogP contribution in [0.25, 0.3) is 0 Å². The molecule has 0 fully saturated rings. The van der Waals surface area contributed by atoms with Crippen LogP contribution in [0.3, 0.4) is 0 Å². The number of hydrogen-bond donors (Lipinski definition) is 2. The molecule has 19 heavy (non-hydrogen) atoms. The summed E-state index contributed by atoms with van der Waals surface area (Å²) in [6.07, 6.45) is 1.69. The van der Waals surface area contributed by atoms with Crippen LogP contribution in [0.1, 0.15) is 37.0 Å². The third-order valence-corrected chi connectivity index (χ3v) is 3.74. The summed E-state index contributed by atoms with van der Waals surface area (Å²) in [5, 5.41) is 2.73. The minimum absolute atomic E-state index is 0.108. The summed E-state index contributed by atoms with van der Waals surface area (Å²) in [4.78, 5) is 11.9. The molecular weight excluding hydrogens is 250 g/mol. The van der Waals surface area contributed by atoms with Crippen molar-refractivity contribution < 1.29 is 13.6 Å². The van der Waals surface area contributed by atoms with Crippen molar-refractivity contribution in [3.63, 3.8) is 0 Å². The average Bonchev–Trinajstić information content (AvgIpc) is 2.43. The van der Waals surface area contributed by atoms with Gasteiger partial charge in [0.25, 0.3) is 5.91 Å². The zero-order chi connectivity index (χ0) is 14.5. The highest BCUT2D eigenvalue weighted by Crippen LogP contribution is 2.23. The van der Waals surface area contributed by atoms with Crippen LogP contribution in [0.4, 0.5) is 8.78 Å². The fraction of sp³-hybridized carbons (Fsp3) is 0.500. The molecule has 0 aliphatic heterocycles. The Kier molecular flexibility index (Phi) is 5.42. The van der Waals surface area contributed by atoms with Gasteiger partial charge in [0.15, 0.2) is 11.6 Å². The van der Waals surface area contributed by atoms with E-state index in [1.54, 1.807) is 0 Å². The number of rotatable bonds is 6. The summed E-state index contributed by atoms with van der Waals surface area (Å²) >= 11 is 0. The topological polar surface area (TPSA) is 55.1 Å². The van der Waals surface area contributed by atoms with Crippen molar-refractivity contribution in [2.45, 2.75) is 26.7 Å². The lowest BCUT2D eigenvalue weighted by atomic mass is 9.82. The number of carbonyl (C=O) groups is 1. The van der Waals surface area contributed by atoms with E-state index in [-0.39, 0.29) is 11.0 Å². The van der Waals surface area contributed by atoms with E-state index in [4.69, 9.17) is 5.73 Å². The summed E-state index contributed by atoms with van der Waals surface area (Å²) in [6, 6.07) is 3.10. The molecule has 3 N–H and O–H groups in total. The minimum Gasteiger partial charge on any atom is -0.351 e. The van der Waals surface area contributed by atoms with Gasteiger partial charge in [0, 0.05) is 12.1 Å². The van der Waals surface area contributed by atoms with E-state index in [0.29, 0.717) is 13.1 Å². The molecule has 1 aromatic carbocycles. The predicted octanol–water partition coefficient (Wildman–Crippen LogP) is 2.46. The van der Waals surface area contributed by atoms with Crippen LogP contribution in [0.5, 0.6) is 0 Å². The highest BCUT2D eigenvalue weighted by molar-refractivity contribution is 5.94. The molecule has 0 saturated carbocycles. The maximum absolute atomic E-state index is 13.0. The van der Waals surface area contributed by atoms with Gasteiger partial charge in [-0.15, -0.1) is 0 Å². The third kappa shape index (κ3) is 3.73. The molecule has 106 valence electrons. The molecule has 0 atom stereocenters. The van der Waals surface area contributed by atoms with E-state index in [1.807, 2.05) is 13.8 Å². The quantitative estimate of drug-likeness (QED) is 0.834. The molecule has 0 aliphatic rings. The summed E-state index contributed by atoms with van der Waals surface area (Å²) in [7, 11) is 0. The number of hydrogen-bond acceptors (Lipinski definition) is 2. The number of carbonyl (C=O) groups excluding carboxylic acids is 1. The first-order valence-electron chi connectivity index (χ1n) is 6.41. The van der Waals surface area contributed by atoms with Gasteiger partial charge in [0.1, 0.15) is 0 Å². The Morgan fingerprint density at radius 3 is 2.37 bits per heavy atom. The fourth-order valence-corrected chi connectivity index (χ4v) is 1.87. The second-order valence-electron chi connectivity index (χ2n) is 4.72. The van der Waals surface area contributed by atoms with E-state index in [1.165, 1.54) is 6.07 Å². The molecule has 0 aromatic heterocycles. The highest BCUT2D eigenvalue weighted by Gasteiger charge is 2.25. The molecule has 1 aromatic rings. The van der Waals surface area contributed by atoms with E-state index in [2.05, 4.69) is 5.32 Å². The van der Waals surface area contributed by atoms with Gasteiger partial charge in [-0.25, -0.2) is 8.78 Å². The Labute approximate surface area is 112 Å². The van der Waals surface area contributed by atoms with Gasteiger partial charge in [-0.2, -0.15) is 0 Å². The summed E-state index contributed by atoms with van der Waals surface area (Å²) in [5.74, 6) is -2.41. The maximum Gasteiger partial charge on any atom is 0.251 e. The Morgan fingerprint density at radius 1 is 1.26 bits per heavy atom. The number of nitrogens with two attached hydrogens (primary N) is 1. The number of nitrogens with one attached hydrogen (secondary N) is 1. The minimum atomic E-state index is -1.02. The van der Waals surface area contributed by atoms with E-state index in [9.17, 15) is 13.6 Å². The lowest BCUT2D eigenvalue weighted by Crippen LogP contribution is -2.41. The largest absolute Gasteiger partial charge is 0.351 e. The molecule has 1 amide bonds. The lowest BCUT2D eigenvalue weighted by molar-refractivity contribution is 0.0927. The SMILES string of the molecule is CCC(CC)(CN)CNC(=O)c1ccc(F)c(F)c1. The summed E-state index contributed by atoms with van der Waals surface area (Å²) in [6.45, 7) is 4.92. The Hall–Kier alpha value is -1.49.